The van der Waals surface area contributed by atoms with Crippen LogP contribution in [-0.4, -0.2) is 6.04 Å². The summed E-state index contributed by atoms with van der Waals surface area (Å²) >= 11 is 7.71. The van der Waals surface area contributed by atoms with Gasteiger partial charge in [-0.15, -0.1) is 11.3 Å². The first kappa shape index (κ1) is 12.4. The lowest BCUT2D eigenvalue weighted by Gasteiger charge is -2.33. The number of halogens is 1. The summed E-state index contributed by atoms with van der Waals surface area (Å²) in [6.07, 6.45) is 6.38. The molecule has 1 nitrogen and oxygen atoms in total. The average Bonchev–Trinajstić information content (AvgIpc) is 2.68. The Morgan fingerprint density at radius 3 is 2.88 bits per heavy atom. The van der Waals surface area contributed by atoms with Gasteiger partial charge in [0, 0.05) is 16.8 Å². The molecule has 1 aromatic rings. The van der Waals surface area contributed by atoms with Gasteiger partial charge < -0.3 is 5.73 Å². The first-order valence-electron chi connectivity index (χ1n) is 6.21. The second-order valence-corrected chi connectivity index (χ2v) is 6.63. The van der Waals surface area contributed by atoms with E-state index in [1.54, 1.807) is 11.3 Å². The molecule has 0 bridgehead atoms. The van der Waals surface area contributed by atoms with Crippen molar-refractivity contribution in [1.82, 2.24) is 0 Å². The quantitative estimate of drug-likeness (QED) is 0.853. The van der Waals surface area contributed by atoms with Crippen LogP contribution in [0.25, 0.3) is 0 Å². The molecule has 0 saturated heterocycles. The maximum Gasteiger partial charge on any atom is 0.0931 e. The number of rotatable bonds is 3. The van der Waals surface area contributed by atoms with E-state index >= 15 is 0 Å². The van der Waals surface area contributed by atoms with Gasteiger partial charge in [0.2, 0.25) is 0 Å². The highest BCUT2D eigenvalue weighted by Gasteiger charge is 2.29. The van der Waals surface area contributed by atoms with Crippen molar-refractivity contribution in [2.45, 2.75) is 51.0 Å². The molecule has 1 fully saturated rings. The topological polar surface area (TPSA) is 26.0 Å². The first-order chi connectivity index (χ1) is 7.70. The van der Waals surface area contributed by atoms with Crippen LogP contribution < -0.4 is 5.73 Å². The molecule has 1 aromatic heterocycles. The zero-order chi connectivity index (χ0) is 11.5. The van der Waals surface area contributed by atoms with Gasteiger partial charge in [-0.05, 0) is 37.3 Å². The molecular formula is C13H20ClNS. The summed E-state index contributed by atoms with van der Waals surface area (Å²) in [5.41, 5.74) is 6.24. The Morgan fingerprint density at radius 2 is 2.25 bits per heavy atom. The van der Waals surface area contributed by atoms with Gasteiger partial charge in [0.1, 0.15) is 0 Å². The van der Waals surface area contributed by atoms with Crippen molar-refractivity contribution in [1.29, 1.82) is 0 Å². The largest absolute Gasteiger partial charge is 0.327 e. The van der Waals surface area contributed by atoms with Gasteiger partial charge in [-0.2, -0.15) is 0 Å². The predicted molar refractivity (Wildman–Crippen MR) is 72.3 cm³/mol. The van der Waals surface area contributed by atoms with E-state index in [1.165, 1.54) is 37.0 Å². The van der Waals surface area contributed by atoms with Gasteiger partial charge in [-0.1, -0.05) is 31.4 Å². The van der Waals surface area contributed by atoms with Gasteiger partial charge in [0.15, 0.2) is 0 Å². The van der Waals surface area contributed by atoms with E-state index in [-0.39, 0.29) is 0 Å². The van der Waals surface area contributed by atoms with E-state index in [0.717, 1.165) is 10.3 Å². The number of hydrogen-bond acceptors (Lipinski definition) is 2. The van der Waals surface area contributed by atoms with Crippen molar-refractivity contribution in [3.63, 3.8) is 0 Å². The highest BCUT2D eigenvalue weighted by molar-refractivity contribution is 7.16. The van der Waals surface area contributed by atoms with Crippen LogP contribution in [0.2, 0.25) is 4.34 Å². The SMILES string of the molecule is CCCC1CCC(N)C(c2ccc(Cl)s2)C1. The smallest absolute Gasteiger partial charge is 0.0931 e. The van der Waals surface area contributed by atoms with Gasteiger partial charge >= 0.3 is 0 Å². The molecule has 1 aliphatic carbocycles. The molecule has 3 unspecified atom stereocenters. The van der Waals surface area contributed by atoms with Crippen LogP contribution >= 0.6 is 22.9 Å². The van der Waals surface area contributed by atoms with Crippen LogP contribution in [0.5, 0.6) is 0 Å². The summed E-state index contributed by atoms with van der Waals surface area (Å²) in [7, 11) is 0. The molecule has 2 rings (SSSR count). The number of nitrogens with two attached hydrogens (primary N) is 1. The fraction of sp³-hybridized carbons (Fsp3) is 0.692. The zero-order valence-corrected chi connectivity index (χ0v) is 11.4. The Balaban J connectivity index is 2.06. The van der Waals surface area contributed by atoms with E-state index in [0.29, 0.717) is 12.0 Å². The maximum atomic E-state index is 6.24. The Labute approximate surface area is 107 Å². The van der Waals surface area contributed by atoms with Crippen molar-refractivity contribution in [2.75, 3.05) is 0 Å². The third-order valence-corrected chi connectivity index (χ3v) is 5.03. The zero-order valence-electron chi connectivity index (χ0n) is 9.79. The molecule has 0 aromatic carbocycles. The molecule has 0 radical (unpaired) electrons. The van der Waals surface area contributed by atoms with Gasteiger partial charge in [-0.3, -0.25) is 0 Å². The Hall–Kier alpha value is -0.0500. The van der Waals surface area contributed by atoms with Crippen molar-refractivity contribution >= 4 is 22.9 Å². The van der Waals surface area contributed by atoms with Crippen molar-refractivity contribution in [3.05, 3.63) is 21.3 Å². The fourth-order valence-corrected chi connectivity index (χ4v) is 4.06. The molecule has 3 atom stereocenters. The van der Waals surface area contributed by atoms with Crippen LogP contribution in [0.15, 0.2) is 12.1 Å². The summed E-state index contributed by atoms with van der Waals surface area (Å²) in [4.78, 5) is 1.39. The normalized spacial score (nSPS) is 30.6. The van der Waals surface area contributed by atoms with Crippen molar-refractivity contribution in [2.24, 2.45) is 11.7 Å². The lowest BCUT2D eigenvalue weighted by molar-refractivity contribution is 0.276. The minimum absolute atomic E-state index is 0.336. The molecule has 3 heteroatoms. The maximum absolute atomic E-state index is 6.24. The predicted octanol–water partition coefficient (Wildman–Crippen LogP) is 4.41. The summed E-state index contributed by atoms with van der Waals surface area (Å²) < 4.78 is 0.889. The average molecular weight is 258 g/mol. The van der Waals surface area contributed by atoms with Gasteiger partial charge in [0.25, 0.3) is 0 Å². The summed E-state index contributed by atoms with van der Waals surface area (Å²) in [5, 5.41) is 0. The molecular weight excluding hydrogens is 238 g/mol. The molecule has 1 aliphatic rings. The minimum Gasteiger partial charge on any atom is -0.327 e. The number of hydrogen-bond donors (Lipinski definition) is 1. The van der Waals surface area contributed by atoms with E-state index in [9.17, 15) is 0 Å². The van der Waals surface area contributed by atoms with Gasteiger partial charge in [-0.25, -0.2) is 0 Å². The van der Waals surface area contributed by atoms with Gasteiger partial charge in [0.05, 0.1) is 4.34 Å². The van der Waals surface area contributed by atoms with Crippen LogP contribution in [0, 0.1) is 5.92 Å². The van der Waals surface area contributed by atoms with E-state index in [1.807, 2.05) is 6.07 Å². The van der Waals surface area contributed by atoms with Crippen LogP contribution in [0.1, 0.15) is 49.8 Å². The molecule has 0 spiro atoms. The van der Waals surface area contributed by atoms with Crippen molar-refractivity contribution in [3.8, 4) is 0 Å². The second kappa shape index (κ2) is 5.52. The van der Waals surface area contributed by atoms with Crippen molar-refractivity contribution < 1.29 is 0 Å². The summed E-state index contributed by atoms with van der Waals surface area (Å²) in [6, 6.07) is 4.49. The standard InChI is InChI=1S/C13H20ClNS/c1-2-3-9-4-5-11(15)10(8-9)12-6-7-13(14)16-12/h6-7,9-11H,2-5,8,15H2,1H3. The number of thiophene rings is 1. The second-order valence-electron chi connectivity index (χ2n) is 4.88. The summed E-state index contributed by atoms with van der Waals surface area (Å²) in [6.45, 7) is 2.27. The third kappa shape index (κ3) is 2.79. The van der Waals surface area contributed by atoms with Crippen LogP contribution in [0.3, 0.4) is 0 Å². The molecule has 1 heterocycles. The highest BCUT2D eigenvalue weighted by atomic mass is 35.5. The van der Waals surface area contributed by atoms with Crippen LogP contribution in [-0.2, 0) is 0 Å². The Morgan fingerprint density at radius 1 is 1.44 bits per heavy atom. The fourth-order valence-electron chi connectivity index (χ4n) is 2.81. The Bertz CT molecular complexity index is 336. The molecule has 90 valence electrons. The minimum atomic E-state index is 0.336. The molecule has 0 aliphatic heterocycles. The third-order valence-electron chi connectivity index (χ3n) is 3.67. The molecule has 0 amide bonds. The Kier molecular flexibility index (Phi) is 4.28. The van der Waals surface area contributed by atoms with Crippen LogP contribution in [0.4, 0.5) is 0 Å². The first-order valence-corrected chi connectivity index (χ1v) is 7.41. The lowest BCUT2D eigenvalue weighted by Crippen LogP contribution is -2.34. The lowest BCUT2D eigenvalue weighted by atomic mass is 9.76. The highest BCUT2D eigenvalue weighted by Crippen LogP contribution is 2.40. The molecule has 2 N–H and O–H groups in total. The molecule has 1 saturated carbocycles. The van der Waals surface area contributed by atoms with E-state index in [2.05, 4.69) is 13.0 Å². The summed E-state index contributed by atoms with van der Waals surface area (Å²) in [5.74, 6) is 1.42. The molecule has 16 heavy (non-hydrogen) atoms. The van der Waals surface area contributed by atoms with E-state index < -0.39 is 0 Å². The monoisotopic (exact) mass is 257 g/mol. The van der Waals surface area contributed by atoms with E-state index in [4.69, 9.17) is 17.3 Å².